The van der Waals surface area contributed by atoms with Crippen molar-refractivity contribution in [3.63, 3.8) is 0 Å². The van der Waals surface area contributed by atoms with Gasteiger partial charge in [0, 0.05) is 24.1 Å². The summed E-state index contributed by atoms with van der Waals surface area (Å²) in [5, 5.41) is 9.16. The van der Waals surface area contributed by atoms with Gasteiger partial charge in [0.15, 0.2) is 0 Å². The fourth-order valence-electron chi connectivity index (χ4n) is 1.46. The van der Waals surface area contributed by atoms with Crippen LogP contribution in [0.3, 0.4) is 0 Å². The standard InChI is InChI=1S/C11H17NO3/c1-14-9-3-4-10(8(6-12)7-13)11(5-9)15-2/h3-5,8,13H,6-7,12H2,1-2H3. The number of ether oxygens (including phenoxy) is 2. The molecule has 1 unspecified atom stereocenters. The van der Waals surface area contributed by atoms with Crippen LogP contribution in [0.4, 0.5) is 0 Å². The molecule has 0 aliphatic rings. The Labute approximate surface area is 89.6 Å². The van der Waals surface area contributed by atoms with Crippen molar-refractivity contribution in [3.8, 4) is 11.5 Å². The summed E-state index contributed by atoms with van der Waals surface area (Å²) in [6, 6.07) is 5.48. The molecule has 0 bridgehead atoms. The van der Waals surface area contributed by atoms with E-state index in [1.165, 1.54) is 0 Å². The molecule has 84 valence electrons. The molecule has 0 radical (unpaired) electrons. The Morgan fingerprint density at radius 1 is 1.33 bits per heavy atom. The van der Waals surface area contributed by atoms with Crippen LogP contribution < -0.4 is 15.2 Å². The molecule has 4 heteroatoms. The first-order chi connectivity index (χ1) is 7.26. The van der Waals surface area contributed by atoms with Crippen LogP contribution in [0.1, 0.15) is 11.5 Å². The molecule has 0 aliphatic carbocycles. The van der Waals surface area contributed by atoms with E-state index in [1.807, 2.05) is 12.1 Å². The molecule has 0 spiro atoms. The first-order valence-electron chi connectivity index (χ1n) is 4.79. The quantitative estimate of drug-likeness (QED) is 0.754. The lowest BCUT2D eigenvalue weighted by molar-refractivity contribution is 0.264. The number of aliphatic hydroxyl groups excluding tert-OH is 1. The number of hydrogen-bond donors (Lipinski definition) is 2. The predicted octanol–water partition coefficient (Wildman–Crippen LogP) is 0.738. The fraction of sp³-hybridized carbons (Fsp3) is 0.455. The minimum Gasteiger partial charge on any atom is -0.497 e. The van der Waals surface area contributed by atoms with E-state index in [1.54, 1.807) is 20.3 Å². The monoisotopic (exact) mass is 211 g/mol. The number of hydrogen-bond acceptors (Lipinski definition) is 4. The zero-order chi connectivity index (χ0) is 11.3. The van der Waals surface area contributed by atoms with Gasteiger partial charge in [-0.15, -0.1) is 0 Å². The number of methoxy groups -OCH3 is 2. The second kappa shape index (κ2) is 5.58. The molecule has 1 aromatic rings. The van der Waals surface area contributed by atoms with Gasteiger partial charge in [-0.05, 0) is 6.07 Å². The largest absolute Gasteiger partial charge is 0.497 e. The molecule has 0 fully saturated rings. The molecule has 0 amide bonds. The summed E-state index contributed by atoms with van der Waals surface area (Å²) >= 11 is 0. The van der Waals surface area contributed by atoms with Gasteiger partial charge in [-0.2, -0.15) is 0 Å². The van der Waals surface area contributed by atoms with Crippen LogP contribution in [-0.4, -0.2) is 32.5 Å². The number of rotatable bonds is 5. The lowest BCUT2D eigenvalue weighted by Crippen LogP contribution is -2.16. The zero-order valence-corrected chi connectivity index (χ0v) is 9.06. The Bertz CT molecular complexity index is 311. The van der Waals surface area contributed by atoms with Gasteiger partial charge in [0.05, 0.1) is 20.8 Å². The third-order valence-electron chi connectivity index (χ3n) is 2.39. The smallest absolute Gasteiger partial charge is 0.126 e. The van der Waals surface area contributed by atoms with Crippen LogP contribution >= 0.6 is 0 Å². The Morgan fingerprint density at radius 2 is 2.07 bits per heavy atom. The minimum absolute atomic E-state index is 0.0131. The summed E-state index contributed by atoms with van der Waals surface area (Å²) in [5.41, 5.74) is 6.47. The van der Waals surface area contributed by atoms with Gasteiger partial charge in [0.1, 0.15) is 11.5 Å². The molecule has 0 aromatic heterocycles. The predicted molar refractivity (Wildman–Crippen MR) is 58.4 cm³/mol. The molecule has 0 aliphatic heterocycles. The van der Waals surface area contributed by atoms with E-state index in [0.29, 0.717) is 12.3 Å². The van der Waals surface area contributed by atoms with Crippen LogP contribution in [0.15, 0.2) is 18.2 Å². The second-order valence-electron chi connectivity index (χ2n) is 3.22. The van der Waals surface area contributed by atoms with Crippen LogP contribution in [0.2, 0.25) is 0 Å². The van der Waals surface area contributed by atoms with Gasteiger partial charge in [0.25, 0.3) is 0 Å². The maximum Gasteiger partial charge on any atom is 0.126 e. The highest BCUT2D eigenvalue weighted by atomic mass is 16.5. The highest BCUT2D eigenvalue weighted by molar-refractivity contribution is 5.42. The second-order valence-corrected chi connectivity index (χ2v) is 3.22. The van der Waals surface area contributed by atoms with Crippen molar-refractivity contribution in [1.29, 1.82) is 0 Å². The van der Waals surface area contributed by atoms with E-state index in [4.69, 9.17) is 20.3 Å². The topological polar surface area (TPSA) is 64.7 Å². The SMILES string of the molecule is COc1ccc(C(CN)CO)c(OC)c1. The highest BCUT2D eigenvalue weighted by Crippen LogP contribution is 2.29. The van der Waals surface area contributed by atoms with Gasteiger partial charge in [-0.3, -0.25) is 0 Å². The van der Waals surface area contributed by atoms with Gasteiger partial charge in [0.2, 0.25) is 0 Å². The summed E-state index contributed by atoms with van der Waals surface area (Å²) < 4.78 is 10.3. The Kier molecular flexibility index (Phi) is 4.39. The summed E-state index contributed by atoms with van der Waals surface area (Å²) in [6.45, 7) is 0.401. The van der Waals surface area contributed by atoms with Gasteiger partial charge in [-0.1, -0.05) is 6.07 Å². The van der Waals surface area contributed by atoms with Crippen molar-refractivity contribution in [2.75, 3.05) is 27.4 Å². The van der Waals surface area contributed by atoms with E-state index in [0.717, 1.165) is 11.3 Å². The van der Waals surface area contributed by atoms with Gasteiger partial charge < -0.3 is 20.3 Å². The van der Waals surface area contributed by atoms with Gasteiger partial charge >= 0.3 is 0 Å². The summed E-state index contributed by atoms with van der Waals surface area (Å²) in [5.74, 6) is 1.33. The molecular weight excluding hydrogens is 194 g/mol. The summed E-state index contributed by atoms with van der Waals surface area (Å²) in [6.07, 6.45) is 0. The van der Waals surface area contributed by atoms with E-state index in [-0.39, 0.29) is 12.5 Å². The van der Waals surface area contributed by atoms with Crippen molar-refractivity contribution in [1.82, 2.24) is 0 Å². The average Bonchev–Trinajstić information content (AvgIpc) is 2.31. The Balaban J connectivity index is 3.06. The number of nitrogens with two attached hydrogens (primary N) is 1. The van der Waals surface area contributed by atoms with E-state index in [9.17, 15) is 0 Å². The molecule has 0 saturated carbocycles. The minimum atomic E-state index is -0.0918. The van der Waals surface area contributed by atoms with Crippen molar-refractivity contribution in [2.45, 2.75) is 5.92 Å². The van der Waals surface area contributed by atoms with E-state index in [2.05, 4.69) is 0 Å². The maximum atomic E-state index is 9.16. The maximum absolute atomic E-state index is 9.16. The van der Waals surface area contributed by atoms with E-state index >= 15 is 0 Å². The molecule has 1 aromatic carbocycles. The summed E-state index contributed by atoms with van der Waals surface area (Å²) in [4.78, 5) is 0. The molecule has 0 saturated heterocycles. The molecule has 3 N–H and O–H groups in total. The first-order valence-corrected chi connectivity index (χ1v) is 4.79. The van der Waals surface area contributed by atoms with Crippen LogP contribution in [0, 0.1) is 0 Å². The van der Waals surface area contributed by atoms with Gasteiger partial charge in [-0.25, -0.2) is 0 Å². The third-order valence-corrected chi connectivity index (χ3v) is 2.39. The fourth-order valence-corrected chi connectivity index (χ4v) is 1.46. The van der Waals surface area contributed by atoms with Crippen molar-refractivity contribution in [2.24, 2.45) is 5.73 Å². The van der Waals surface area contributed by atoms with Crippen molar-refractivity contribution in [3.05, 3.63) is 23.8 Å². The Hall–Kier alpha value is -1.26. The highest BCUT2D eigenvalue weighted by Gasteiger charge is 2.14. The molecular formula is C11H17NO3. The van der Waals surface area contributed by atoms with E-state index < -0.39 is 0 Å². The molecule has 1 rings (SSSR count). The average molecular weight is 211 g/mol. The number of benzene rings is 1. The Morgan fingerprint density at radius 3 is 2.53 bits per heavy atom. The van der Waals surface area contributed by atoms with Crippen LogP contribution in [0.5, 0.6) is 11.5 Å². The van der Waals surface area contributed by atoms with Crippen LogP contribution in [0.25, 0.3) is 0 Å². The molecule has 15 heavy (non-hydrogen) atoms. The molecule has 0 heterocycles. The lowest BCUT2D eigenvalue weighted by atomic mass is 9.99. The zero-order valence-electron chi connectivity index (χ0n) is 9.06. The summed E-state index contributed by atoms with van der Waals surface area (Å²) in [7, 11) is 3.18. The number of aliphatic hydroxyl groups is 1. The third kappa shape index (κ3) is 2.61. The normalized spacial score (nSPS) is 12.3. The first kappa shape index (κ1) is 11.8. The van der Waals surface area contributed by atoms with Crippen molar-refractivity contribution >= 4 is 0 Å². The van der Waals surface area contributed by atoms with Crippen molar-refractivity contribution < 1.29 is 14.6 Å². The van der Waals surface area contributed by atoms with Crippen LogP contribution in [-0.2, 0) is 0 Å². The molecule has 4 nitrogen and oxygen atoms in total. The lowest BCUT2D eigenvalue weighted by Gasteiger charge is -2.16. The molecule has 1 atom stereocenters.